The Hall–Kier alpha value is -2.41. The maximum Gasteiger partial charge on any atom is 0.277 e. The van der Waals surface area contributed by atoms with Gasteiger partial charge in [0.2, 0.25) is 0 Å². The third kappa shape index (κ3) is 3.20. The summed E-state index contributed by atoms with van der Waals surface area (Å²) in [6.07, 6.45) is 2.91. The summed E-state index contributed by atoms with van der Waals surface area (Å²) in [4.78, 5) is 20.2. The lowest BCUT2D eigenvalue weighted by Gasteiger charge is -2.27. The van der Waals surface area contributed by atoms with Gasteiger partial charge < -0.3 is 0 Å². The first kappa shape index (κ1) is 18.0. The van der Waals surface area contributed by atoms with Gasteiger partial charge in [-0.25, -0.2) is 9.50 Å². The molecular formula is C20H28N6O. The van der Waals surface area contributed by atoms with Crippen LogP contribution in [0.25, 0.3) is 5.65 Å². The molecule has 0 spiro atoms. The molecule has 0 radical (unpaired) electrons. The summed E-state index contributed by atoms with van der Waals surface area (Å²) < 4.78 is 3.57. The summed E-state index contributed by atoms with van der Waals surface area (Å²) in [7, 11) is 0. The van der Waals surface area contributed by atoms with E-state index in [4.69, 9.17) is 4.98 Å². The molecule has 1 aliphatic heterocycles. The summed E-state index contributed by atoms with van der Waals surface area (Å²) in [6.45, 7) is 13.7. The first-order valence-corrected chi connectivity index (χ1v) is 9.65. The van der Waals surface area contributed by atoms with Crippen molar-refractivity contribution >= 4 is 5.65 Å². The molecule has 0 amide bonds. The first-order chi connectivity index (χ1) is 12.8. The molecule has 0 fully saturated rings. The maximum atomic E-state index is 13.1. The molecule has 27 heavy (non-hydrogen) atoms. The van der Waals surface area contributed by atoms with E-state index in [0.29, 0.717) is 6.54 Å². The molecule has 0 bridgehead atoms. The number of H-pyrrole nitrogens is 1. The first-order valence-electron chi connectivity index (χ1n) is 9.65. The average Bonchev–Trinajstić information content (AvgIpc) is 3.19. The van der Waals surface area contributed by atoms with Crippen LogP contribution in [0.15, 0.2) is 17.1 Å². The Morgan fingerprint density at radius 3 is 2.74 bits per heavy atom. The fourth-order valence-electron chi connectivity index (χ4n) is 3.67. The van der Waals surface area contributed by atoms with Gasteiger partial charge in [0.1, 0.15) is 0 Å². The van der Waals surface area contributed by atoms with Gasteiger partial charge in [0.25, 0.3) is 5.56 Å². The van der Waals surface area contributed by atoms with Crippen molar-refractivity contribution < 1.29 is 0 Å². The number of fused-ring (bicyclic) bond motifs is 2. The van der Waals surface area contributed by atoms with Crippen molar-refractivity contribution in [2.75, 3.05) is 6.54 Å². The van der Waals surface area contributed by atoms with Crippen molar-refractivity contribution in [2.45, 2.75) is 66.1 Å². The largest absolute Gasteiger partial charge is 0.294 e. The summed E-state index contributed by atoms with van der Waals surface area (Å²) >= 11 is 0. The van der Waals surface area contributed by atoms with Crippen LogP contribution in [0.5, 0.6) is 0 Å². The number of rotatable bonds is 3. The number of hydrogen-bond acceptors (Lipinski definition) is 4. The Bertz CT molecular complexity index is 1050. The molecule has 0 aromatic carbocycles. The number of aromatic nitrogens is 5. The van der Waals surface area contributed by atoms with Crippen molar-refractivity contribution in [1.29, 1.82) is 0 Å². The molecule has 3 aromatic heterocycles. The summed E-state index contributed by atoms with van der Waals surface area (Å²) in [5.41, 5.74) is 5.75. The average molecular weight is 368 g/mol. The zero-order chi connectivity index (χ0) is 19.3. The highest BCUT2D eigenvalue weighted by atomic mass is 16.1. The van der Waals surface area contributed by atoms with E-state index in [0.717, 1.165) is 54.3 Å². The Kier molecular flexibility index (Phi) is 4.22. The molecular weight excluding hydrogens is 340 g/mol. The number of aryl methyl sites for hydroxylation is 2. The van der Waals surface area contributed by atoms with Crippen LogP contribution in [0.2, 0.25) is 0 Å². The fourth-order valence-corrected chi connectivity index (χ4v) is 3.67. The lowest BCUT2D eigenvalue weighted by molar-refractivity contribution is 0.241. The summed E-state index contributed by atoms with van der Waals surface area (Å²) in [6, 6.07) is 2.00. The zero-order valence-electron chi connectivity index (χ0n) is 16.8. The van der Waals surface area contributed by atoms with Crippen LogP contribution >= 0.6 is 0 Å². The molecule has 0 aliphatic carbocycles. The van der Waals surface area contributed by atoms with E-state index in [1.165, 1.54) is 5.56 Å². The SMILES string of the molecule is CCn1cc(CN2CCc3nc4cc(C(C)(C)C)[nH]n4c(=O)c3C2)c(C)n1. The van der Waals surface area contributed by atoms with Crippen LogP contribution in [0, 0.1) is 6.92 Å². The third-order valence-electron chi connectivity index (χ3n) is 5.41. The molecule has 0 saturated heterocycles. The van der Waals surface area contributed by atoms with Crippen LogP contribution < -0.4 is 5.56 Å². The minimum absolute atomic E-state index is 0.0242. The van der Waals surface area contributed by atoms with Crippen LogP contribution in [-0.2, 0) is 31.5 Å². The van der Waals surface area contributed by atoms with Gasteiger partial charge in [0.05, 0.1) is 17.0 Å². The van der Waals surface area contributed by atoms with E-state index in [1.807, 2.05) is 17.7 Å². The topological polar surface area (TPSA) is 71.2 Å². The van der Waals surface area contributed by atoms with Gasteiger partial charge >= 0.3 is 0 Å². The van der Waals surface area contributed by atoms with Gasteiger partial charge in [-0.3, -0.25) is 19.5 Å². The highest BCUT2D eigenvalue weighted by molar-refractivity contribution is 5.43. The van der Waals surface area contributed by atoms with E-state index >= 15 is 0 Å². The highest BCUT2D eigenvalue weighted by Crippen LogP contribution is 2.23. The van der Waals surface area contributed by atoms with Crippen molar-refractivity contribution in [3.8, 4) is 0 Å². The number of hydrogen-bond donors (Lipinski definition) is 1. The molecule has 1 N–H and O–H groups in total. The van der Waals surface area contributed by atoms with Gasteiger partial charge in [0, 0.05) is 61.5 Å². The number of aromatic amines is 1. The maximum absolute atomic E-state index is 13.1. The summed E-state index contributed by atoms with van der Waals surface area (Å²) in [5, 5.41) is 7.78. The van der Waals surface area contributed by atoms with Crippen molar-refractivity contribution in [3.05, 3.63) is 50.8 Å². The van der Waals surface area contributed by atoms with Gasteiger partial charge in [-0.05, 0) is 13.8 Å². The van der Waals surface area contributed by atoms with Crippen molar-refractivity contribution in [3.63, 3.8) is 0 Å². The van der Waals surface area contributed by atoms with Gasteiger partial charge in [-0.1, -0.05) is 20.8 Å². The minimum atomic E-state index is -0.0519. The molecule has 1 aliphatic rings. The molecule has 4 heterocycles. The lowest BCUT2D eigenvalue weighted by Crippen LogP contribution is -2.36. The van der Waals surface area contributed by atoms with E-state index < -0.39 is 0 Å². The van der Waals surface area contributed by atoms with Crippen LogP contribution in [0.4, 0.5) is 0 Å². The van der Waals surface area contributed by atoms with Crippen LogP contribution in [0.1, 0.15) is 55.9 Å². The second-order valence-electron chi connectivity index (χ2n) is 8.51. The fraction of sp³-hybridized carbons (Fsp3) is 0.550. The van der Waals surface area contributed by atoms with Gasteiger partial charge in [-0.15, -0.1) is 0 Å². The van der Waals surface area contributed by atoms with Gasteiger partial charge in [-0.2, -0.15) is 5.10 Å². The predicted molar refractivity (Wildman–Crippen MR) is 105 cm³/mol. The number of nitrogens with zero attached hydrogens (tertiary/aromatic N) is 5. The number of nitrogens with one attached hydrogen (secondary N) is 1. The highest BCUT2D eigenvalue weighted by Gasteiger charge is 2.25. The summed E-state index contributed by atoms with van der Waals surface area (Å²) in [5.74, 6) is 0. The second-order valence-corrected chi connectivity index (χ2v) is 8.51. The molecule has 7 heteroatoms. The monoisotopic (exact) mass is 368 g/mol. The van der Waals surface area contributed by atoms with E-state index in [-0.39, 0.29) is 11.0 Å². The third-order valence-corrected chi connectivity index (χ3v) is 5.41. The van der Waals surface area contributed by atoms with E-state index in [2.05, 4.69) is 49.0 Å². The molecule has 144 valence electrons. The standard InChI is InChI=1S/C20H28N6O/c1-6-25-11-14(13(2)22-25)10-24-8-7-16-15(12-24)19(27)26-18(21-16)9-17(23-26)20(3,4)5/h9,11,23H,6-8,10,12H2,1-5H3. The smallest absolute Gasteiger partial charge is 0.277 e. The van der Waals surface area contributed by atoms with Crippen LogP contribution in [-0.4, -0.2) is 35.8 Å². The Morgan fingerprint density at radius 1 is 1.30 bits per heavy atom. The minimum Gasteiger partial charge on any atom is -0.294 e. The quantitative estimate of drug-likeness (QED) is 0.771. The normalized spacial score (nSPS) is 15.4. The molecule has 0 saturated carbocycles. The van der Waals surface area contributed by atoms with Crippen LogP contribution in [0.3, 0.4) is 0 Å². The van der Waals surface area contributed by atoms with Crippen molar-refractivity contribution in [1.82, 2.24) is 29.3 Å². The Balaban J connectivity index is 1.65. The molecule has 0 unspecified atom stereocenters. The van der Waals surface area contributed by atoms with Gasteiger partial charge in [0.15, 0.2) is 5.65 Å². The van der Waals surface area contributed by atoms with E-state index in [9.17, 15) is 4.79 Å². The second kappa shape index (κ2) is 6.34. The molecule has 3 aromatic rings. The lowest BCUT2D eigenvalue weighted by atomic mass is 9.93. The zero-order valence-corrected chi connectivity index (χ0v) is 16.8. The Morgan fingerprint density at radius 2 is 2.07 bits per heavy atom. The molecule has 0 atom stereocenters. The van der Waals surface area contributed by atoms with Crippen molar-refractivity contribution in [2.24, 2.45) is 0 Å². The Labute approximate surface area is 159 Å². The molecule has 4 rings (SSSR count). The van der Waals surface area contributed by atoms with E-state index in [1.54, 1.807) is 4.52 Å². The predicted octanol–water partition coefficient (Wildman–Crippen LogP) is 2.40. The molecule has 7 nitrogen and oxygen atoms in total.